The number of rotatable bonds is 7. The van der Waals surface area contributed by atoms with Crippen LogP contribution in [0.25, 0.3) is 0 Å². The Morgan fingerprint density at radius 1 is 1.17 bits per heavy atom. The van der Waals surface area contributed by atoms with Gasteiger partial charge in [-0.25, -0.2) is 14.2 Å². The minimum absolute atomic E-state index is 0.0822. The van der Waals surface area contributed by atoms with Gasteiger partial charge in [0.05, 0.1) is 6.04 Å². The van der Waals surface area contributed by atoms with Gasteiger partial charge in [-0.2, -0.15) is 0 Å². The number of likely N-dealkylation sites (N-methyl/N-ethyl adjacent to an activating group) is 1. The highest BCUT2D eigenvalue weighted by molar-refractivity contribution is 6.31. The Kier molecular flexibility index (Phi) is 9.53. The SMILES string of the molecule is C=C(/C=C\C(Cl)=C/C)[C@]1(C)CN(C(=O)C2CCN(c3ccc(C)cn3)CC2)C[C@H]1N(C)C(=O)Oc1ccc(F)cc1. The van der Waals surface area contributed by atoms with E-state index in [9.17, 15) is 14.0 Å². The number of amides is 2. The molecule has 41 heavy (non-hydrogen) atoms. The molecule has 2 aromatic rings. The van der Waals surface area contributed by atoms with Gasteiger partial charge in [0.25, 0.3) is 0 Å². The van der Waals surface area contributed by atoms with Gasteiger partial charge in [-0.05, 0) is 74.2 Å². The zero-order valence-corrected chi connectivity index (χ0v) is 24.9. The van der Waals surface area contributed by atoms with Crippen LogP contribution in [0.2, 0.25) is 0 Å². The molecule has 2 amide bonds. The van der Waals surface area contributed by atoms with Crippen LogP contribution in [0, 0.1) is 24.1 Å². The number of pyridine rings is 1. The van der Waals surface area contributed by atoms with Crippen LogP contribution in [0.3, 0.4) is 0 Å². The summed E-state index contributed by atoms with van der Waals surface area (Å²) in [5.41, 5.74) is 1.21. The van der Waals surface area contributed by atoms with Crippen molar-refractivity contribution in [1.29, 1.82) is 0 Å². The van der Waals surface area contributed by atoms with Crippen LogP contribution in [0.1, 0.15) is 32.3 Å². The standard InChI is InChI=1S/C32H38ClFN4O3/c1-6-25(33)9-8-23(3)32(4)21-38(20-28(32)36(5)31(40)41-27-12-10-26(34)11-13-27)30(39)24-15-17-37(18-16-24)29-14-7-22(2)19-35-29/h6-14,19,24,28H,3,15-18,20-21H2,1-2,4-5H3/b9-8-,25-6+/t28-,32+/m1/s1. The fourth-order valence-electron chi connectivity index (χ4n) is 5.54. The van der Waals surface area contributed by atoms with Gasteiger partial charge >= 0.3 is 6.09 Å². The van der Waals surface area contributed by atoms with Crippen molar-refractivity contribution in [2.75, 3.05) is 38.1 Å². The Hall–Kier alpha value is -3.65. The summed E-state index contributed by atoms with van der Waals surface area (Å²) < 4.78 is 18.9. The highest BCUT2D eigenvalue weighted by Gasteiger charge is 2.50. The lowest BCUT2D eigenvalue weighted by atomic mass is 9.77. The zero-order chi connectivity index (χ0) is 29.7. The summed E-state index contributed by atoms with van der Waals surface area (Å²) in [6.07, 6.45) is 8.11. The molecule has 0 bridgehead atoms. The van der Waals surface area contributed by atoms with Gasteiger partial charge in [0.15, 0.2) is 0 Å². The van der Waals surface area contributed by atoms with Crippen LogP contribution in [0.5, 0.6) is 5.75 Å². The number of carbonyl (C=O) groups excluding carboxylic acids is 2. The summed E-state index contributed by atoms with van der Waals surface area (Å²) >= 11 is 6.21. The molecule has 4 rings (SSSR count). The van der Waals surface area contributed by atoms with E-state index in [2.05, 4.69) is 16.5 Å². The average molecular weight is 581 g/mol. The summed E-state index contributed by atoms with van der Waals surface area (Å²) in [6.45, 7) is 12.4. The zero-order valence-electron chi connectivity index (χ0n) is 24.1. The third-order valence-corrected chi connectivity index (χ3v) is 8.60. The molecule has 9 heteroatoms. The van der Waals surface area contributed by atoms with Gasteiger partial charge in [0, 0.05) is 55.8 Å². The molecule has 2 aliphatic heterocycles. The molecule has 0 aliphatic carbocycles. The first-order chi connectivity index (χ1) is 19.5. The van der Waals surface area contributed by atoms with Crippen molar-refractivity contribution in [3.8, 4) is 5.75 Å². The number of likely N-dealkylation sites (tertiary alicyclic amines) is 1. The molecule has 1 aromatic heterocycles. The Morgan fingerprint density at radius 2 is 1.85 bits per heavy atom. The molecule has 218 valence electrons. The first-order valence-corrected chi connectivity index (χ1v) is 14.3. The lowest BCUT2D eigenvalue weighted by Crippen LogP contribution is -2.48. The maximum absolute atomic E-state index is 13.8. The third kappa shape index (κ3) is 6.99. The number of halogens is 2. The van der Waals surface area contributed by atoms with Gasteiger partial charge in [-0.1, -0.05) is 43.3 Å². The molecule has 3 heterocycles. The second-order valence-electron chi connectivity index (χ2n) is 11.1. The van der Waals surface area contributed by atoms with Crippen LogP contribution < -0.4 is 9.64 Å². The number of aromatic nitrogens is 1. The Bertz CT molecular complexity index is 1320. The van der Waals surface area contributed by atoms with Crippen molar-refractivity contribution in [2.24, 2.45) is 11.3 Å². The van der Waals surface area contributed by atoms with E-state index in [1.165, 1.54) is 29.2 Å². The molecule has 2 saturated heterocycles. The van der Waals surface area contributed by atoms with Crippen molar-refractivity contribution in [3.63, 3.8) is 0 Å². The molecular weight excluding hydrogens is 543 g/mol. The summed E-state index contributed by atoms with van der Waals surface area (Å²) in [6, 6.07) is 8.95. The minimum atomic E-state index is -0.653. The molecule has 2 atom stereocenters. The monoisotopic (exact) mass is 580 g/mol. The normalized spacial score (nSPS) is 21.8. The van der Waals surface area contributed by atoms with Crippen molar-refractivity contribution in [3.05, 3.63) is 89.4 Å². The van der Waals surface area contributed by atoms with E-state index in [0.29, 0.717) is 18.1 Å². The van der Waals surface area contributed by atoms with E-state index in [1.807, 2.05) is 50.1 Å². The number of anilines is 1. The topological polar surface area (TPSA) is 66.0 Å². The molecule has 2 fully saturated rings. The maximum Gasteiger partial charge on any atom is 0.415 e. The molecule has 0 radical (unpaired) electrons. The summed E-state index contributed by atoms with van der Waals surface area (Å²) in [5, 5.41) is 0.566. The number of hydrogen-bond acceptors (Lipinski definition) is 5. The maximum atomic E-state index is 13.8. The minimum Gasteiger partial charge on any atom is -0.410 e. The smallest absolute Gasteiger partial charge is 0.410 e. The molecule has 2 aliphatic rings. The van der Waals surface area contributed by atoms with E-state index in [4.69, 9.17) is 16.3 Å². The van der Waals surface area contributed by atoms with E-state index >= 15 is 0 Å². The number of hydrogen-bond donors (Lipinski definition) is 0. The first kappa shape index (κ1) is 30.3. The number of nitrogens with zero attached hydrogens (tertiary/aromatic N) is 4. The number of allylic oxidation sites excluding steroid dienone is 4. The Balaban J connectivity index is 1.50. The van der Waals surface area contributed by atoms with E-state index in [1.54, 1.807) is 19.2 Å². The van der Waals surface area contributed by atoms with Gasteiger partial charge in [-0.15, -0.1) is 0 Å². The van der Waals surface area contributed by atoms with E-state index < -0.39 is 23.4 Å². The third-order valence-electron chi connectivity index (χ3n) is 8.25. The summed E-state index contributed by atoms with van der Waals surface area (Å²) in [7, 11) is 1.66. The Labute approximate surface area is 246 Å². The van der Waals surface area contributed by atoms with Crippen LogP contribution >= 0.6 is 11.6 Å². The van der Waals surface area contributed by atoms with Crippen LogP contribution in [-0.2, 0) is 4.79 Å². The van der Waals surface area contributed by atoms with Gasteiger partial charge in [0.2, 0.25) is 5.91 Å². The van der Waals surface area contributed by atoms with Crippen molar-refractivity contribution in [2.45, 2.75) is 39.7 Å². The highest BCUT2D eigenvalue weighted by atomic mass is 35.5. The molecule has 0 spiro atoms. The lowest BCUT2D eigenvalue weighted by molar-refractivity contribution is -0.135. The molecule has 0 N–H and O–H groups in total. The average Bonchev–Trinajstić information content (AvgIpc) is 3.34. The summed E-state index contributed by atoms with van der Waals surface area (Å²) in [5.74, 6) is 0.722. The van der Waals surface area contributed by atoms with Crippen LogP contribution in [0.4, 0.5) is 15.0 Å². The number of ether oxygens (including phenoxy) is 1. The van der Waals surface area contributed by atoms with E-state index in [0.717, 1.165) is 42.9 Å². The second-order valence-corrected chi connectivity index (χ2v) is 11.5. The molecular formula is C32H38ClFN4O3. The van der Waals surface area contributed by atoms with Crippen LogP contribution in [-0.4, -0.2) is 66.1 Å². The van der Waals surface area contributed by atoms with Crippen molar-refractivity contribution in [1.82, 2.24) is 14.8 Å². The number of carbonyl (C=O) groups is 2. The number of aryl methyl sites for hydroxylation is 1. The van der Waals surface area contributed by atoms with Gasteiger partial charge in [0.1, 0.15) is 17.4 Å². The summed E-state index contributed by atoms with van der Waals surface area (Å²) in [4.78, 5) is 37.1. The fourth-order valence-corrected chi connectivity index (χ4v) is 5.60. The molecule has 7 nitrogen and oxygen atoms in total. The predicted molar refractivity (Wildman–Crippen MR) is 160 cm³/mol. The predicted octanol–water partition coefficient (Wildman–Crippen LogP) is 6.35. The Morgan fingerprint density at radius 3 is 2.46 bits per heavy atom. The quantitative estimate of drug-likeness (QED) is 0.357. The van der Waals surface area contributed by atoms with Crippen molar-refractivity contribution < 1.29 is 18.7 Å². The molecule has 0 saturated carbocycles. The van der Waals surface area contributed by atoms with Gasteiger partial charge in [-0.3, -0.25) is 4.79 Å². The molecule has 0 unspecified atom stereocenters. The van der Waals surface area contributed by atoms with Gasteiger partial charge < -0.3 is 19.4 Å². The number of piperidine rings is 1. The highest BCUT2D eigenvalue weighted by Crippen LogP contribution is 2.41. The number of benzene rings is 1. The fraction of sp³-hybridized carbons (Fsp3) is 0.406. The van der Waals surface area contributed by atoms with Crippen molar-refractivity contribution >= 4 is 29.4 Å². The largest absolute Gasteiger partial charge is 0.415 e. The van der Waals surface area contributed by atoms with Crippen LogP contribution in [0.15, 0.2) is 78.0 Å². The second kappa shape index (κ2) is 12.9. The van der Waals surface area contributed by atoms with E-state index in [-0.39, 0.29) is 17.6 Å². The first-order valence-electron chi connectivity index (χ1n) is 13.9. The molecule has 1 aromatic carbocycles. The lowest BCUT2D eigenvalue weighted by Gasteiger charge is -2.36.